The van der Waals surface area contributed by atoms with Gasteiger partial charge >= 0.3 is 0 Å². The van der Waals surface area contributed by atoms with Crippen LogP contribution in [0, 0.1) is 0 Å². The number of carbonyl (C=O) groups is 1. The molecule has 0 bridgehead atoms. The summed E-state index contributed by atoms with van der Waals surface area (Å²) in [4.78, 5) is 24.4. The largest absolute Gasteiger partial charge is 0.341 e. The van der Waals surface area contributed by atoms with Gasteiger partial charge in [-0.25, -0.2) is 9.97 Å². The van der Waals surface area contributed by atoms with Crippen molar-refractivity contribution in [1.29, 1.82) is 0 Å². The summed E-state index contributed by atoms with van der Waals surface area (Å²) in [5, 5.41) is 5.76. The maximum absolute atomic E-state index is 12.3. The number of imidazole rings is 1. The van der Waals surface area contributed by atoms with Crippen LogP contribution in [0.1, 0.15) is 47.6 Å². The second-order valence-corrected chi connectivity index (χ2v) is 6.15. The van der Waals surface area contributed by atoms with Crippen LogP contribution in [-0.2, 0) is 6.42 Å². The maximum Gasteiger partial charge on any atom is 0.271 e. The van der Waals surface area contributed by atoms with Gasteiger partial charge in [-0.3, -0.25) is 4.79 Å². The van der Waals surface area contributed by atoms with Crippen molar-refractivity contribution in [2.24, 2.45) is 0 Å². The maximum atomic E-state index is 12.3. The summed E-state index contributed by atoms with van der Waals surface area (Å²) in [6.45, 7) is 4.01. The highest BCUT2D eigenvalue weighted by molar-refractivity contribution is 7.09. The molecule has 1 atom stereocenters. The van der Waals surface area contributed by atoms with Crippen molar-refractivity contribution < 1.29 is 4.79 Å². The number of rotatable bonds is 5. The Morgan fingerprint density at radius 1 is 1.36 bits per heavy atom. The van der Waals surface area contributed by atoms with Gasteiger partial charge in [0.1, 0.15) is 11.5 Å². The number of para-hydroxylation sites is 2. The molecule has 2 N–H and O–H groups in total. The van der Waals surface area contributed by atoms with Crippen LogP contribution in [0.5, 0.6) is 0 Å². The fraction of sp³-hybridized carbons (Fsp3) is 0.312. The van der Waals surface area contributed by atoms with E-state index in [1.807, 2.05) is 36.6 Å². The van der Waals surface area contributed by atoms with E-state index in [0.29, 0.717) is 5.69 Å². The Balaban J connectivity index is 1.72. The Kier molecular flexibility index (Phi) is 4.20. The minimum atomic E-state index is -0.198. The van der Waals surface area contributed by atoms with Crippen LogP contribution in [0.4, 0.5) is 0 Å². The highest BCUT2D eigenvalue weighted by Gasteiger charge is 2.16. The summed E-state index contributed by atoms with van der Waals surface area (Å²) in [5.74, 6) is 0.588. The van der Waals surface area contributed by atoms with Gasteiger partial charge in [0.05, 0.1) is 22.1 Å². The number of hydrogen-bond donors (Lipinski definition) is 2. The first-order chi connectivity index (χ1) is 10.7. The zero-order valence-electron chi connectivity index (χ0n) is 12.6. The van der Waals surface area contributed by atoms with Crippen LogP contribution in [0.15, 0.2) is 29.6 Å². The summed E-state index contributed by atoms with van der Waals surface area (Å²) in [6, 6.07) is 7.62. The molecule has 22 heavy (non-hydrogen) atoms. The van der Waals surface area contributed by atoms with Gasteiger partial charge in [-0.1, -0.05) is 19.1 Å². The molecule has 0 aliphatic carbocycles. The molecule has 5 nitrogen and oxygen atoms in total. The minimum absolute atomic E-state index is 0.161. The number of hydrogen-bond acceptors (Lipinski definition) is 4. The predicted octanol–water partition coefficient (Wildman–Crippen LogP) is 3.46. The van der Waals surface area contributed by atoms with Gasteiger partial charge in [-0.05, 0) is 31.9 Å². The van der Waals surface area contributed by atoms with Gasteiger partial charge in [0.2, 0.25) is 0 Å². The summed E-state index contributed by atoms with van der Waals surface area (Å²) >= 11 is 1.53. The van der Waals surface area contributed by atoms with Crippen molar-refractivity contribution in [2.75, 3.05) is 0 Å². The Labute approximate surface area is 132 Å². The number of thiazole rings is 1. The molecular formula is C16H18N4OS. The van der Waals surface area contributed by atoms with Crippen LogP contribution >= 0.6 is 11.3 Å². The number of nitrogens with zero attached hydrogens (tertiary/aromatic N) is 2. The molecule has 0 saturated heterocycles. The second kappa shape index (κ2) is 6.27. The van der Waals surface area contributed by atoms with E-state index in [0.717, 1.165) is 34.7 Å². The zero-order valence-corrected chi connectivity index (χ0v) is 13.4. The second-order valence-electron chi connectivity index (χ2n) is 5.21. The first-order valence-electron chi connectivity index (χ1n) is 7.37. The summed E-state index contributed by atoms with van der Waals surface area (Å²) in [7, 11) is 0. The number of benzene rings is 1. The molecule has 1 aromatic carbocycles. The van der Waals surface area contributed by atoms with Gasteiger partial charge < -0.3 is 10.3 Å². The molecule has 0 spiro atoms. The molecule has 3 aromatic rings. The van der Waals surface area contributed by atoms with E-state index >= 15 is 0 Å². The van der Waals surface area contributed by atoms with Crippen molar-refractivity contribution in [3.05, 3.63) is 46.2 Å². The molecule has 0 saturated carbocycles. The number of carbonyl (C=O) groups excluding carboxylic acids is 1. The lowest BCUT2D eigenvalue weighted by atomic mass is 10.3. The van der Waals surface area contributed by atoms with Crippen molar-refractivity contribution in [3.63, 3.8) is 0 Å². The molecule has 1 unspecified atom stereocenters. The van der Waals surface area contributed by atoms with E-state index < -0.39 is 0 Å². The number of aromatic amines is 1. The highest BCUT2D eigenvalue weighted by atomic mass is 32.1. The molecule has 2 aromatic heterocycles. The van der Waals surface area contributed by atoms with Crippen molar-refractivity contribution >= 4 is 28.3 Å². The summed E-state index contributed by atoms with van der Waals surface area (Å²) < 4.78 is 0. The number of aromatic nitrogens is 3. The number of nitrogens with one attached hydrogen (secondary N) is 2. The molecule has 0 fully saturated rings. The summed E-state index contributed by atoms with van der Waals surface area (Å²) in [6.07, 6.45) is 1.95. The topological polar surface area (TPSA) is 70.7 Å². The first-order valence-corrected chi connectivity index (χ1v) is 8.25. The molecule has 3 rings (SSSR count). The smallest absolute Gasteiger partial charge is 0.271 e. The molecular weight excluding hydrogens is 296 g/mol. The predicted molar refractivity (Wildman–Crippen MR) is 88.1 cm³/mol. The average Bonchev–Trinajstić information content (AvgIpc) is 3.13. The van der Waals surface area contributed by atoms with E-state index in [9.17, 15) is 4.79 Å². The van der Waals surface area contributed by atoms with Crippen LogP contribution in [-0.4, -0.2) is 20.9 Å². The first kappa shape index (κ1) is 14.7. The zero-order chi connectivity index (χ0) is 15.5. The molecule has 6 heteroatoms. The Morgan fingerprint density at radius 3 is 2.95 bits per heavy atom. The molecule has 1 amide bonds. The molecule has 114 valence electrons. The number of aryl methyl sites for hydroxylation is 1. The van der Waals surface area contributed by atoms with Gasteiger partial charge in [-0.2, -0.15) is 0 Å². The van der Waals surface area contributed by atoms with Crippen molar-refractivity contribution in [2.45, 2.75) is 32.7 Å². The monoisotopic (exact) mass is 314 g/mol. The van der Waals surface area contributed by atoms with Gasteiger partial charge in [-0.15, -0.1) is 11.3 Å². The van der Waals surface area contributed by atoms with Crippen LogP contribution in [0.3, 0.4) is 0 Å². The highest BCUT2D eigenvalue weighted by Crippen LogP contribution is 2.17. The van der Waals surface area contributed by atoms with Crippen LogP contribution in [0.25, 0.3) is 11.0 Å². The average molecular weight is 314 g/mol. The Hall–Kier alpha value is -2.21. The van der Waals surface area contributed by atoms with E-state index in [1.165, 1.54) is 11.3 Å². The lowest BCUT2D eigenvalue weighted by Gasteiger charge is -2.09. The van der Waals surface area contributed by atoms with Crippen molar-refractivity contribution in [1.82, 2.24) is 20.3 Å². The summed E-state index contributed by atoms with van der Waals surface area (Å²) in [5.41, 5.74) is 2.35. The lowest BCUT2D eigenvalue weighted by molar-refractivity contribution is 0.0934. The molecule has 0 aliphatic heterocycles. The van der Waals surface area contributed by atoms with E-state index in [2.05, 4.69) is 27.2 Å². The van der Waals surface area contributed by atoms with E-state index in [1.54, 1.807) is 0 Å². The van der Waals surface area contributed by atoms with Gasteiger partial charge in [0.25, 0.3) is 5.91 Å². The lowest BCUT2D eigenvalue weighted by Crippen LogP contribution is -2.27. The van der Waals surface area contributed by atoms with Crippen LogP contribution in [0.2, 0.25) is 0 Å². The SMILES string of the molecule is CCCc1nc(C(=O)NC(C)c2nc3ccccc3[nH]2)cs1. The fourth-order valence-corrected chi connectivity index (χ4v) is 3.14. The van der Waals surface area contributed by atoms with Crippen molar-refractivity contribution in [3.8, 4) is 0 Å². The quantitative estimate of drug-likeness (QED) is 0.757. The van der Waals surface area contributed by atoms with E-state index in [4.69, 9.17) is 0 Å². The standard InChI is InChI=1S/C16H18N4OS/c1-3-6-14-18-13(9-22-14)16(21)17-10(2)15-19-11-7-4-5-8-12(11)20-15/h4-5,7-10H,3,6H2,1-2H3,(H,17,21)(H,19,20). The normalized spacial score (nSPS) is 12.5. The number of H-pyrrole nitrogens is 1. The molecule has 0 aliphatic rings. The number of amides is 1. The van der Waals surface area contributed by atoms with Crippen LogP contribution < -0.4 is 5.32 Å². The third-order valence-corrected chi connectivity index (χ3v) is 4.32. The van der Waals surface area contributed by atoms with E-state index in [-0.39, 0.29) is 11.9 Å². The molecule has 0 radical (unpaired) electrons. The third kappa shape index (κ3) is 3.01. The molecule has 2 heterocycles. The Bertz CT molecular complexity index is 759. The van der Waals surface area contributed by atoms with Gasteiger partial charge in [0.15, 0.2) is 0 Å². The number of fused-ring (bicyclic) bond motifs is 1. The third-order valence-electron chi connectivity index (χ3n) is 3.41. The Morgan fingerprint density at radius 2 is 2.18 bits per heavy atom. The van der Waals surface area contributed by atoms with Gasteiger partial charge in [0, 0.05) is 5.38 Å². The minimum Gasteiger partial charge on any atom is -0.341 e. The fourth-order valence-electron chi connectivity index (χ4n) is 2.26.